The number of nitrogens with zero attached hydrogens (tertiary/aromatic N) is 6. The van der Waals surface area contributed by atoms with Crippen molar-refractivity contribution in [1.29, 1.82) is 0 Å². The van der Waals surface area contributed by atoms with E-state index in [2.05, 4.69) is 58.3 Å². The number of carbonyl (C=O) groups is 2. The summed E-state index contributed by atoms with van der Waals surface area (Å²) in [4.78, 5) is 46.3. The molecule has 2 fully saturated rings. The Morgan fingerprint density at radius 3 is 1.24 bits per heavy atom. The summed E-state index contributed by atoms with van der Waals surface area (Å²) in [6.07, 6.45) is 11.7. The van der Waals surface area contributed by atoms with Gasteiger partial charge in [-0.1, -0.05) is 109 Å². The molecule has 0 radical (unpaired) electrons. The highest BCUT2D eigenvalue weighted by molar-refractivity contribution is 6.04. The Bertz CT molecular complexity index is 2050. The molecule has 4 aliphatic heterocycles. The van der Waals surface area contributed by atoms with Crippen molar-refractivity contribution in [2.24, 2.45) is 9.98 Å². The summed E-state index contributed by atoms with van der Waals surface area (Å²) in [6.45, 7) is 1.53. The fourth-order valence-corrected chi connectivity index (χ4v) is 9.40. The Balaban J connectivity index is 0.887. The van der Waals surface area contributed by atoms with Gasteiger partial charge in [0.1, 0.15) is 12.1 Å². The Labute approximate surface area is 344 Å². The fraction of sp³-hybridized carbons (Fsp3) is 0.360. The summed E-state index contributed by atoms with van der Waals surface area (Å²) in [6, 6.07) is 37.2. The smallest absolute Gasteiger partial charge is 0.245 e. The maximum absolute atomic E-state index is 14.1. The zero-order valence-corrected chi connectivity index (χ0v) is 34.4. The SMILES string of the molecule is CN(C)[C@@H](C(=O)N1CCCC[C@H]1C1=NC=C(c2ccc(-c3ccc(C4=CN=C([C@@H]5CCCCN5C(=O)[C@@H](c5ccccc5)N(C)C)C4)cc3)cc2)C1)c1ccccc1. The summed E-state index contributed by atoms with van der Waals surface area (Å²) in [5.41, 5.74) is 11.3. The molecule has 4 aromatic rings. The second-order valence-corrected chi connectivity index (χ2v) is 16.7. The van der Waals surface area contributed by atoms with E-state index in [1.165, 1.54) is 22.3 Å². The lowest BCUT2D eigenvalue weighted by Crippen LogP contribution is -2.51. The molecule has 0 N–H and O–H groups in total. The molecule has 8 rings (SSSR count). The van der Waals surface area contributed by atoms with E-state index in [9.17, 15) is 9.59 Å². The number of benzene rings is 4. The summed E-state index contributed by atoms with van der Waals surface area (Å²) in [5.74, 6) is 0.314. The van der Waals surface area contributed by atoms with Crippen LogP contribution in [0.1, 0.15) is 85.7 Å². The standard InChI is InChI=1S/C50H56N6O2/c1-53(2)47(39-15-7-5-8-16-39)49(57)55-29-13-11-19-45(55)43-31-41(33-51-43)37-25-21-35(22-26-37)36-23-27-38(28-24-36)42-32-44(52-34-42)46-20-12-14-30-56(46)50(58)48(54(3)4)40-17-9-6-10-18-40/h5-10,15-18,21-28,33-34,45-48H,11-14,19-20,29-32H2,1-4H3/t45-,46-,47+,48+/m0/s1. The first kappa shape index (κ1) is 39.4. The van der Waals surface area contributed by atoms with Crippen LogP contribution in [0.4, 0.5) is 0 Å². The van der Waals surface area contributed by atoms with Crippen molar-refractivity contribution in [2.45, 2.75) is 75.5 Å². The summed E-state index contributed by atoms with van der Waals surface area (Å²) < 4.78 is 0. The van der Waals surface area contributed by atoms with Crippen molar-refractivity contribution < 1.29 is 9.59 Å². The number of likely N-dealkylation sites (N-methyl/N-ethyl adjacent to an activating group) is 2. The molecule has 0 saturated carbocycles. The average molecular weight is 773 g/mol. The molecule has 298 valence electrons. The number of hydrogen-bond acceptors (Lipinski definition) is 6. The quantitative estimate of drug-likeness (QED) is 0.153. The second-order valence-electron chi connectivity index (χ2n) is 16.7. The fourth-order valence-electron chi connectivity index (χ4n) is 9.40. The molecule has 0 spiro atoms. The number of likely N-dealkylation sites (tertiary alicyclic amines) is 2. The minimum atomic E-state index is -0.315. The van der Waals surface area contributed by atoms with E-state index in [0.29, 0.717) is 0 Å². The maximum Gasteiger partial charge on any atom is 0.245 e. The number of amides is 2. The van der Waals surface area contributed by atoms with E-state index in [4.69, 9.17) is 9.98 Å². The number of aliphatic imine (C=N–C) groups is 2. The molecule has 4 aliphatic rings. The molecule has 2 amide bonds. The number of allylic oxidation sites excluding steroid dienone is 2. The molecule has 0 unspecified atom stereocenters. The molecular formula is C50H56N6O2. The minimum absolute atomic E-state index is 0.0228. The predicted octanol–water partition coefficient (Wildman–Crippen LogP) is 9.09. The summed E-state index contributed by atoms with van der Waals surface area (Å²) in [5, 5.41) is 0. The average Bonchev–Trinajstić information content (AvgIpc) is 3.96. The number of hydrogen-bond donors (Lipinski definition) is 0. The normalized spacial score (nSPS) is 20.7. The molecule has 0 bridgehead atoms. The summed E-state index contributed by atoms with van der Waals surface area (Å²) in [7, 11) is 7.95. The molecule has 8 nitrogen and oxygen atoms in total. The van der Waals surface area contributed by atoms with Crippen molar-refractivity contribution in [3.63, 3.8) is 0 Å². The van der Waals surface area contributed by atoms with E-state index in [1.54, 1.807) is 0 Å². The van der Waals surface area contributed by atoms with E-state index in [1.807, 2.05) is 111 Å². The maximum atomic E-state index is 14.1. The number of piperidine rings is 2. The van der Waals surface area contributed by atoms with Gasteiger partial charge in [-0.05, 0) is 111 Å². The topological polar surface area (TPSA) is 71.8 Å². The predicted molar refractivity (Wildman–Crippen MR) is 236 cm³/mol. The van der Waals surface area contributed by atoms with Crippen LogP contribution < -0.4 is 0 Å². The van der Waals surface area contributed by atoms with Gasteiger partial charge in [0.15, 0.2) is 0 Å². The van der Waals surface area contributed by atoms with Gasteiger partial charge in [-0.25, -0.2) is 0 Å². The minimum Gasteiger partial charge on any atom is -0.333 e. The van der Waals surface area contributed by atoms with E-state index in [0.717, 1.165) is 98.1 Å². The van der Waals surface area contributed by atoms with Gasteiger partial charge in [-0.2, -0.15) is 0 Å². The number of carbonyl (C=O) groups excluding carboxylic acids is 2. The number of rotatable bonds is 11. The largest absolute Gasteiger partial charge is 0.333 e. The van der Waals surface area contributed by atoms with Gasteiger partial charge in [-0.3, -0.25) is 29.4 Å². The molecular weight excluding hydrogens is 717 g/mol. The van der Waals surface area contributed by atoms with Gasteiger partial charge in [0, 0.05) is 49.8 Å². The van der Waals surface area contributed by atoms with Crippen molar-refractivity contribution in [1.82, 2.24) is 19.6 Å². The highest BCUT2D eigenvalue weighted by Gasteiger charge is 2.38. The third-order valence-electron chi connectivity index (χ3n) is 12.4. The van der Waals surface area contributed by atoms with Crippen LogP contribution >= 0.6 is 0 Å². The van der Waals surface area contributed by atoms with Gasteiger partial charge in [0.25, 0.3) is 0 Å². The monoisotopic (exact) mass is 772 g/mol. The zero-order valence-electron chi connectivity index (χ0n) is 34.4. The Morgan fingerprint density at radius 1 is 0.517 bits per heavy atom. The van der Waals surface area contributed by atoms with Crippen LogP contribution in [0.15, 0.2) is 132 Å². The van der Waals surface area contributed by atoms with Crippen molar-refractivity contribution >= 4 is 34.4 Å². The van der Waals surface area contributed by atoms with Crippen LogP contribution in [0.3, 0.4) is 0 Å². The van der Waals surface area contributed by atoms with E-state index < -0.39 is 0 Å². The van der Waals surface area contributed by atoms with Crippen molar-refractivity contribution in [3.05, 3.63) is 144 Å². The molecule has 58 heavy (non-hydrogen) atoms. The lowest BCUT2D eigenvalue weighted by Gasteiger charge is -2.39. The highest BCUT2D eigenvalue weighted by atomic mass is 16.2. The molecule has 4 aromatic carbocycles. The van der Waals surface area contributed by atoms with Crippen LogP contribution in [-0.2, 0) is 9.59 Å². The van der Waals surface area contributed by atoms with Crippen molar-refractivity contribution in [3.8, 4) is 11.1 Å². The third kappa shape index (κ3) is 8.27. The highest BCUT2D eigenvalue weighted by Crippen LogP contribution is 2.35. The molecule has 0 aliphatic carbocycles. The van der Waals surface area contributed by atoms with E-state index >= 15 is 0 Å². The first-order valence-corrected chi connectivity index (χ1v) is 21.0. The first-order valence-electron chi connectivity index (χ1n) is 21.0. The van der Waals surface area contributed by atoms with Crippen LogP contribution in [-0.4, -0.2) is 96.2 Å². The molecule has 0 aromatic heterocycles. The molecule has 4 heterocycles. The van der Waals surface area contributed by atoms with E-state index in [-0.39, 0.29) is 36.0 Å². The zero-order chi connectivity index (χ0) is 40.2. The molecule has 8 heteroatoms. The lowest BCUT2D eigenvalue weighted by atomic mass is 9.91. The van der Waals surface area contributed by atoms with Gasteiger partial charge in [0.05, 0.1) is 12.1 Å². The van der Waals surface area contributed by atoms with Crippen LogP contribution in [0.25, 0.3) is 22.3 Å². The van der Waals surface area contributed by atoms with Crippen LogP contribution in [0, 0.1) is 0 Å². The third-order valence-corrected chi connectivity index (χ3v) is 12.4. The first-order chi connectivity index (χ1) is 28.3. The van der Waals surface area contributed by atoms with Crippen molar-refractivity contribution in [2.75, 3.05) is 41.3 Å². The molecule has 4 atom stereocenters. The van der Waals surface area contributed by atoms with Gasteiger partial charge < -0.3 is 9.80 Å². The Hall–Kier alpha value is -5.44. The molecule has 2 saturated heterocycles. The second kappa shape index (κ2) is 17.6. The van der Waals surface area contributed by atoms with Gasteiger partial charge in [0.2, 0.25) is 11.8 Å². The Morgan fingerprint density at radius 2 is 0.879 bits per heavy atom. The van der Waals surface area contributed by atoms with Gasteiger partial charge in [-0.15, -0.1) is 0 Å². The van der Waals surface area contributed by atoms with Gasteiger partial charge >= 0.3 is 0 Å². The van der Waals surface area contributed by atoms with Crippen LogP contribution in [0.2, 0.25) is 0 Å². The van der Waals surface area contributed by atoms with Crippen LogP contribution in [0.5, 0.6) is 0 Å². The summed E-state index contributed by atoms with van der Waals surface area (Å²) >= 11 is 0. The lowest BCUT2D eigenvalue weighted by molar-refractivity contribution is -0.139. The Kier molecular flexibility index (Phi) is 11.9.